The molecule has 1 aliphatic heterocycles. The van der Waals surface area contributed by atoms with E-state index in [1.807, 2.05) is 50.2 Å². The largest absolute Gasteiger partial charge is 0.391 e. The van der Waals surface area contributed by atoms with E-state index in [-0.39, 0.29) is 23.8 Å². The summed E-state index contributed by atoms with van der Waals surface area (Å²) >= 11 is 0. The fraction of sp³-hybridized carbons (Fsp3) is 0.409. The zero-order valence-electron chi connectivity index (χ0n) is 15.0. The van der Waals surface area contributed by atoms with Gasteiger partial charge in [-0.05, 0) is 17.0 Å². The number of hydrogen-bond donors (Lipinski definition) is 1. The van der Waals surface area contributed by atoms with Crippen LogP contribution in [-0.2, 0) is 11.3 Å². The van der Waals surface area contributed by atoms with Crippen LogP contribution in [0.5, 0.6) is 0 Å². The smallest absolute Gasteiger partial charge is 0.136 e. The molecule has 1 heterocycles. The molecule has 0 aromatic heterocycles. The molecule has 3 rings (SSSR count). The van der Waals surface area contributed by atoms with Crippen molar-refractivity contribution in [3.63, 3.8) is 0 Å². The van der Waals surface area contributed by atoms with E-state index in [9.17, 15) is 9.90 Å². The van der Waals surface area contributed by atoms with Crippen LogP contribution in [0.1, 0.15) is 43.9 Å². The SMILES string of the molecule is CC(C)[C@H](O)[C@@H]1CC(=O)C[C@@H](c2ccccc2)N1Cc1ccccc1. The van der Waals surface area contributed by atoms with Gasteiger partial charge in [0, 0.05) is 31.5 Å². The number of piperidine rings is 1. The van der Waals surface area contributed by atoms with Crippen LogP contribution in [-0.4, -0.2) is 27.9 Å². The summed E-state index contributed by atoms with van der Waals surface area (Å²) in [6, 6.07) is 20.4. The second-order valence-corrected chi connectivity index (χ2v) is 7.33. The van der Waals surface area contributed by atoms with Gasteiger partial charge in [-0.15, -0.1) is 0 Å². The van der Waals surface area contributed by atoms with Gasteiger partial charge in [-0.25, -0.2) is 0 Å². The van der Waals surface area contributed by atoms with Crippen molar-refractivity contribution in [2.24, 2.45) is 5.92 Å². The molecule has 0 saturated carbocycles. The van der Waals surface area contributed by atoms with E-state index in [1.54, 1.807) is 0 Å². The third kappa shape index (κ3) is 4.17. The van der Waals surface area contributed by atoms with Crippen LogP contribution in [0.4, 0.5) is 0 Å². The lowest BCUT2D eigenvalue weighted by molar-refractivity contribution is -0.130. The maximum absolute atomic E-state index is 12.4. The van der Waals surface area contributed by atoms with Gasteiger partial charge in [0.15, 0.2) is 0 Å². The lowest BCUT2D eigenvalue weighted by Crippen LogP contribution is -2.51. The third-order valence-corrected chi connectivity index (χ3v) is 5.15. The number of aliphatic hydroxyl groups is 1. The second kappa shape index (κ2) is 7.94. The molecule has 3 atom stereocenters. The van der Waals surface area contributed by atoms with E-state index in [1.165, 1.54) is 5.56 Å². The van der Waals surface area contributed by atoms with Gasteiger partial charge in [-0.3, -0.25) is 9.69 Å². The van der Waals surface area contributed by atoms with Crippen LogP contribution in [0.2, 0.25) is 0 Å². The number of rotatable bonds is 5. The zero-order chi connectivity index (χ0) is 17.8. The molecule has 3 nitrogen and oxygen atoms in total. The fourth-order valence-electron chi connectivity index (χ4n) is 3.77. The predicted molar refractivity (Wildman–Crippen MR) is 100 cm³/mol. The van der Waals surface area contributed by atoms with E-state index < -0.39 is 6.10 Å². The third-order valence-electron chi connectivity index (χ3n) is 5.15. The molecule has 1 saturated heterocycles. The summed E-state index contributed by atoms with van der Waals surface area (Å²) in [6.45, 7) is 4.77. The molecule has 2 aromatic rings. The maximum atomic E-state index is 12.4. The highest BCUT2D eigenvalue weighted by Crippen LogP contribution is 2.36. The Morgan fingerprint density at radius 3 is 2.20 bits per heavy atom. The Kier molecular flexibility index (Phi) is 5.67. The van der Waals surface area contributed by atoms with Gasteiger partial charge < -0.3 is 5.11 Å². The molecule has 1 fully saturated rings. The lowest BCUT2D eigenvalue weighted by Gasteiger charge is -2.44. The zero-order valence-corrected chi connectivity index (χ0v) is 15.0. The highest BCUT2D eigenvalue weighted by Gasteiger charge is 2.39. The van der Waals surface area contributed by atoms with Gasteiger partial charge in [0.05, 0.1) is 6.10 Å². The van der Waals surface area contributed by atoms with Crippen LogP contribution >= 0.6 is 0 Å². The van der Waals surface area contributed by atoms with Crippen molar-refractivity contribution in [3.8, 4) is 0 Å². The minimum absolute atomic E-state index is 0.0149. The number of carbonyl (C=O) groups excluding carboxylic acids is 1. The Labute approximate surface area is 150 Å². The number of carbonyl (C=O) groups is 1. The van der Waals surface area contributed by atoms with Crippen molar-refractivity contribution in [1.82, 2.24) is 4.90 Å². The molecular weight excluding hydrogens is 310 g/mol. The second-order valence-electron chi connectivity index (χ2n) is 7.33. The molecule has 132 valence electrons. The maximum Gasteiger partial charge on any atom is 0.136 e. The van der Waals surface area contributed by atoms with Crippen molar-refractivity contribution in [2.75, 3.05) is 0 Å². The summed E-state index contributed by atoms with van der Waals surface area (Å²) in [5.74, 6) is 0.355. The first-order valence-corrected chi connectivity index (χ1v) is 9.10. The number of benzene rings is 2. The molecule has 0 bridgehead atoms. The number of aliphatic hydroxyl groups excluding tert-OH is 1. The van der Waals surface area contributed by atoms with Gasteiger partial charge in [-0.2, -0.15) is 0 Å². The molecule has 0 unspecified atom stereocenters. The van der Waals surface area contributed by atoms with Crippen molar-refractivity contribution in [1.29, 1.82) is 0 Å². The Bertz CT molecular complexity index is 684. The van der Waals surface area contributed by atoms with Crippen LogP contribution in [0.15, 0.2) is 60.7 Å². The molecule has 0 radical (unpaired) electrons. The summed E-state index contributed by atoms with van der Waals surface area (Å²) in [7, 11) is 0. The monoisotopic (exact) mass is 337 g/mol. The van der Waals surface area contributed by atoms with Crippen molar-refractivity contribution in [3.05, 3.63) is 71.8 Å². The first-order chi connectivity index (χ1) is 12.1. The van der Waals surface area contributed by atoms with Crippen LogP contribution in [0.25, 0.3) is 0 Å². The highest BCUT2D eigenvalue weighted by molar-refractivity contribution is 5.81. The van der Waals surface area contributed by atoms with Crippen molar-refractivity contribution < 1.29 is 9.90 Å². The normalized spacial score (nSPS) is 23.0. The van der Waals surface area contributed by atoms with Crippen molar-refractivity contribution >= 4 is 5.78 Å². The quantitative estimate of drug-likeness (QED) is 0.897. The van der Waals surface area contributed by atoms with E-state index in [2.05, 4.69) is 29.2 Å². The summed E-state index contributed by atoms with van der Waals surface area (Å²) in [5, 5.41) is 10.8. The fourth-order valence-corrected chi connectivity index (χ4v) is 3.77. The molecular formula is C22H27NO2. The molecule has 1 aliphatic rings. The van der Waals surface area contributed by atoms with Gasteiger partial charge in [0.1, 0.15) is 5.78 Å². The Balaban J connectivity index is 1.96. The predicted octanol–water partition coefficient (Wildman–Crippen LogP) is 3.98. The number of hydrogen-bond acceptors (Lipinski definition) is 3. The molecule has 3 heteroatoms. The molecule has 1 N–H and O–H groups in total. The minimum Gasteiger partial charge on any atom is -0.391 e. The number of nitrogens with zero attached hydrogens (tertiary/aromatic N) is 1. The Morgan fingerprint density at radius 1 is 1.00 bits per heavy atom. The Morgan fingerprint density at radius 2 is 1.60 bits per heavy atom. The van der Waals surface area contributed by atoms with E-state index in [0.717, 1.165) is 12.1 Å². The highest BCUT2D eigenvalue weighted by atomic mass is 16.3. The standard InChI is InChI=1S/C22H27NO2/c1-16(2)22(25)21-14-19(24)13-20(18-11-7-4-8-12-18)23(21)15-17-9-5-3-6-10-17/h3-12,16,20-22,25H,13-15H2,1-2H3/t20-,21-,22-/m0/s1. The van der Waals surface area contributed by atoms with E-state index >= 15 is 0 Å². The first-order valence-electron chi connectivity index (χ1n) is 9.10. The van der Waals surface area contributed by atoms with E-state index in [0.29, 0.717) is 12.8 Å². The van der Waals surface area contributed by atoms with Gasteiger partial charge in [0.25, 0.3) is 0 Å². The van der Waals surface area contributed by atoms with Gasteiger partial charge in [-0.1, -0.05) is 74.5 Å². The topological polar surface area (TPSA) is 40.5 Å². The molecule has 0 spiro atoms. The molecule has 0 amide bonds. The van der Waals surface area contributed by atoms with Crippen molar-refractivity contribution in [2.45, 2.75) is 51.4 Å². The van der Waals surface area contributed by atoms with Gasteiger partial charge >= 0.3 is 0 Å². The lowest BCUT2D eigenvalue weighted by atomic mass is 9.84. The summed E-state index contributed by atoms with van der Waals surface area (Å²) in [4.78, 5) is 14.8. The average molecular weight is 337 g/mol. The van der Waals surface area contributed by atoms with Crippen LogP contribution in [0, 0.1) is 5.92 Å². The number of Topliss-reactive ketones (excluding diaryl/α,β-unsaturated/α-hetero) is 1. The molecule has 0 aliphatic carbocycles. The molecule has 25 heavy (non-hydrogen) atoms. The summed E-state index contributed by atoms with van der Waals surface area (Å²) < 4.78 is 0. The number of likely N-dealkylation sites (tertiary alicyclic amines) is 1. The van der Waals surface area contributed by atoms with Gasteiger partial charge in [0.2, 0.25) is 0 Å². The van der Waals surface area contributed by atoms with Crippen LogP contribution < -0.4 is 0 Å². The summed E-state index contributed by atoms with van der Waals surface area (Å²) in [5.41, 5.74) is 2.35. The average Bonchev–Trinajstić information content (AvgIpc) is 2.63. The Hall–Kier alpha value is -1.97. The van der Waals surface area contributed by atoms with Crippen LogP contribution in [0.3, 0.4) is 0 Å². The first kappa shape index (κ1) is 17.8. The summed E-state index contributed by atoms with van der Waals surface area (Å²) in [6.07, 6.45) is 0.424. The molecule has 2 aromatic carbocycles. The minimum atomic E-state index is -0.515. The van der Waals surface area contributed by atoms with E-state index in [4.69, 9.17) is 0 Å². The number of ketones is 1.